The van der Waals surface area contributed by atoms with Crippen molar-refractivity contribution in [1.82, 2.24) is 0 Å². The first-order valence-electron chi connectivity index (χ1n) is 7.75. The van der Waals surface area contributed by atoms with Crippen LogP contribution < -0.4 is 9.47 Å². The average molecular weight is 423 g/mol. The van der Waals surface area contributed by atoms with Crippen molar-refractivity contribution in [2.24, 2.45) is 4.99 Å². The van der Waals surface area contributed by atoms with Crippen LogP contribution in [0.3, 0.4) is 0 Å². The summed E-state index contributed by atoms with van der Waals surface area (Å²) in [6.07, 6.45) is 1.88. The highest BCUT2D eigenvalue weighted by atomic mass is 127. The molecule has 0 aliphatic heterocycles. The largest absolute Gasteiger partial charge is 0.490 e. The van der Waals surface area contributed by atoms with Gasteiger partial charge in [0.15, 0.2) is 11.5 Å². The van der Waals surface area contributed by atoms with Crippen LogP contribution in [0.25, 0.3) is 0 Å². The lowest BCUT2D eigenvalue weighted by atomic mass is 10.1. The molecule has 23 heavy (non-hydrogen) atoms. The number of rotatable bonds is 6. The van der Waals surface area contributed by atoms with Gasteiger partial charge in [0.25, 0.3) is 0 Å². The molecule has 0 aliphatic carbocycles. The van der Waals surface area contributed by atoms with Crippen LogP contribution in [0.1, 0.15) is 30.5 Å². The van der Waals surface area contributed by atoms with E-state index >= 15 is 0 Å². The van der Waals surface area contributed by atoms with Crippen LogP contribution in [0, 0.1) is 17.4 Å². The molecule has 0 amide bonds. The number of nitrogens with zero attached hydrogens (tertiary/aromatic N) is 1. The zero-order chi connectivity index (χ0) is 16.8. The molecule has 0 heterocycles. The van der Waals surface area contributed by atoms with Crippen LogP contribution in [0.4, 0.5) is 5.69 Å². The molecule has 0 atom stereocenters. The van der Waals surface area contributed by atoms with Crippen molar-refractivity contribution in [3.8, 4) is 11.5 Å². The first kappa shape index (κ1) is 17.8. The van der Waals surface area contributed by atoms with Crippen LogP contribution in [0.5, 0.6) is 11.5 Å². The van der Waals surface area contributed by atoms with E-state index in [-0.39, 0.29) is 0 Å². The van der Waals surface area contributed by atoms with Gasteiger partial charge in [-0.3, -0.25) is 4.99 Å². The van der Waals surface area contributed by atoms with Crippen LogP contribution in [-0.4, -0.2) is 19.4 Å². The number of halogens is 1. The lowest BCUT2D eigenvalue weighted by Gasteiger charge is -2.13. The standard InChI is InChI=1S/C19H22INO2/c1-5-22-18-11-15(10-16(20)19(18)23-6-2)12-21-17-9-13(3)7-8-14(17)4/h7-12H,5-6H2,1-4H3. The van der Waals surface area contributed by atoms with Crippen LogP contribution >= 0.6 is 22.6 Å². The third-order valence-corrected chi connectivity index (χ3v) is 4.14. The summed E-state index contributed by atoms with van der Waals surface area (Å²) in [7, 11) is 0. The number of aliphatic imine (C=N–C) groups is 1. The number of hydrogen-bond acceptors (Lipinski definition) is 3. The summed E-state index contributed by atoms with van der Waals surface area (Å²) in [6.45, 7) is 9.31. The second-order valence-corrected chi connectivity index (χ2v) is 6.41. The van der Waals surface area contributed by atoms with Gasteiger partial charge in [0.2, 0.25) is 0 Å². The Bertz CT molecular complexity index is 711. The molecule has 0 bridgehead atoms. The Kier molecular flexibility index (Phi) is 6.45. The number of ether oxygens (including phenoxy) is 2. The Morgan fingerprint density at radius 2 is 1.78 bits per heavy atom. The van der Waals surface area contributed by atoms with E-state index in [1.807, 2.05) is 26.1 Å². The lowest BCUT2D eigenvalue weighted by molar-refractivity contribution is 0.286. The molecule has 0 spiro atoms. The fourth-order valence-corrected chi connectivity index (χ4v) is 2.99. The zero-order valence-corrected chi connectivity index (χ0v) is 16.2. The van der Waals surface area contributed by atoms with Crippen molar-refractivity contribution in [3.05, 3.63) is 50.6 Å². The normalized spacial score (nSPS) is 11.0. The van der Waals surface area contributed by atoms with E-state index in [9.17, 15) is 0 Å². The minimum Gasteiger partial charge on any atom is -0.490 e. The van der Waals surface area contributed by atoms with E-state index in [0.717, 1.165) is 31.9 Å². The minimum absolute atomic E-state index is 0.605. The molecule has 0 saturated heterocycles. The predicted molar refractivity (Wildman–Crippen MR) is 105 cm³/mol. The summed E-state index contributed by atoms with van der Waals surface area (Å²) in [6, 6.07) is 10.3. The molecular weight excluding hydrogens is 401 g/mol. The van der Waals surface area contributed by atoms with Crippen molar-refractivity contribution in [1.29, 1.82) is 0 Å². The molecule has 122 valence electrons. The molecule has 4 heteroatoms. The van der Waals surface area contributed by atoms with E-state index in [1.165, 1.54) is 5.56 Å². The van der Waals surface area contributed by atoms with Crippen molar-refractivity contribution >= 4 is 34.5 Å². The Morgan fingerprint density at radius 3 is 2.48 bits per heavy atom. The summed E-state index contributed by atoms with van der Waals surface area (Å²) >= 11 is 2.27. The molecule has 2 rings (SSSR count). The van der Waals surface area contributed by atoms with Gasteiger partial charge in [0.05, 0.1) is 22.5 Å². The number of aryl methyl sites for hydroxylation is 2. The Labute approximate surface area is 151 Å². The monoisotopic (exact) mass is 423 g/mol. The number of benzene rings is 2. The third kappa shape index (κ3) is 4.70. The van der Waals surface area contributed by atoms with Gasteiger partial charge in [-0.05, 0) is 85.2 Å². The summed E-state index contributed by atoms with van der Waals surface area (Å²) < 4.78 is 12.4. The molecule has 0 fully saturated rings. The van der Waals surface area contributed by atoms with Crippen LogP contribution in [-0.2, 0) is 0 Å². The van der Waals surface area contributed by atoms with E-state index in [2.05, 4.69) is 65.7 Å². The van der Waals surface area contributed by atoms with Crippen molar-refractivity contribution in [2.75, 3.05) is 13.2 Å². The van der Waals surface area contributed by atoms with Gasteiger partial charge in [-0.2, -0.15) is 0 Å². The fraction of sp³-hybridized carbons (Fsp3) is 0.316. The molecule has 3 nitrogen and oxygen atoms in total. The van der Waals surface area contributed by atoms with Crippen LogP contribution in [0.2, 0.25) is 0 Å². The second-order valence-electron chi connectivity index (χ2n) is 5.24. The fourth-order valence-electron chi connectivity index (χ4n) is 2.21. The van der Waals surface area contributed by atoms with E-state index < -0.39 is 0 Å². The molecule has 2 aromatic rings. The Morgan fingerprint density at radius 1 is 1.04 bits per heavy atom. The average Bonchev–Trinajstić information content (AvgIpc) is 2.52. The summed E-state index contributed by atoms with van der Waals surface area (Å²) in [5.41, 5.74) is 4.37. The van der Waals surface area contributed by atoms with Gasteiger partial charge in [0, 0.05) is 6.21 Å². The second kappa shape index (κ2) is 8.34. The summed E-state index contributed by atoms with van der Waals surface area (Å²) in [4.78, 5) is 4.63. The Hall–Kier alpha value is -1.56. The molecule has 0 aromatic heterocycles. The molecular formula is C19H22INO2. The molecule has 0 saturated carbocycles. The lowest BCUT2D eigenvalue weighted by Crippen LogP contribution is -2.01. The number of hydrogen-bond donors (Lipinski definition) is 0. The van der Waals surface area contributed by atoms with E-state index in [4.69, 9.17) is 9.47 Å². The van der Waals surface area contributed by atoms with Crippen molar-refractivity contribution in [3.63, 3.8) is 0 Å². The first-order chi connectivity index (χ1) is 11.0. The van der Waals surface area contributed by atoms with Gasteiger partial charge < -0.3 is 9.47 Å². The summed E-state index contributed by atoms with van der Waals surface area (Å²) in [5.74, 6) is 1.57. The highest BCUT2D eigenvalue weighted by Gasteiger charge is 2.11. The molecule has 2 aromatic carbocycles. The third-order valence-electron chi connectivity index (χ3n) is 3.34. The van der Waals surface area contributed by atoms with Gasteiger partial charge in [-0.15, -0.1) is 0 Å². The van der Waals surface area contributed by atoms with E-state index in [1.54, 1.807) is 0 Å². The quantitative estimate of drug-likeness (QED) is 0.457. The maximum absolute atomic E-state index is 5.71. The molecule has 0 unspecified atom stereocenters. The van der Waals surface area contributed by atoms with Crippen molar-refractivity contribution in [2.45, 2.75) is 27.7 Å². The maximum Gasteiger partial charge on any atom is 0.174 e. The molecule has 0 aliphatic rings. The van der Waals surface area contributed by atoms with E-state index in [0.29, 0.717) is 13.2 Å². The van der Waals surface area contributed by atoms with Gasteiger partial charge >= 0.3 is 0 Å². The highest BCUT2D eigenvalue weighted by molar-refractivity contribution is 14.1. The highest BCUT2D eigenvalue weighted by Crippen LogP contribution is 2.34. The van der Waals surface area contributed by atoms with Gasteiger partial charge in [-0.1, -0.05) is 12.1 Å². The predicted octanol–water partition coefficient (Wildman–Crippen LogP) is 5.46. The SMILES string of the molecule is CCOc1cc(C=Nc2cc(C)ccc2C)cc(I)c1OCC. The summed E-state index contributed by atoms with van der Waals surface area (Å²) in [5, 5.41) is 0. The zero-order valence-electron chi connectivity index (χ0n) is 14.0. The van der Waals surface area contributed by atoms with Crippen LogP contribution in [0.15, 0.2) is 35.3 Å². The molecule has 0 radical (unpaired) electrons. The van der Waals surface area contributed by atoms with Crippen molar-refractivity contribution < 1.29 is 9.47 Å². The Balaban J connectivity index is 2.36. The first-order valence-corrected chi connectivity index (χ1v) is 8.83. The molecule has 0 N–H and O–H groups in total. The van der Waals surface area contributed by atoms with Gasteiger partial charge in [-0.25, -0.2) is 0 Å². The smallest absolute Gasteiger partial charge is 0.174 e. The topological polar surface area (TPSA) is 30.8 Å². The van der Waals surface area contributed by atoms with Gasteiger partial charge in [0.1, 0.15) is 0 Å². The maximum atomic E-state index is 5.71. The minimum atomic E-state index is 0.605.